The summed E-state index contributed by atoms with van der Waals surface area (Å²) >= 11 is 6.34. The Hall–Kier alpha value is -0.730. The molecule has 1 aliphatic rings. The maximum atomic E-state index is 6.34. The molecular formula is C16H25ClN2. The molecule has 0 aliphatic carbocycles. The number of benzene rings is 1. The summed E-state index contributed by atoms with van der Waals surface area (Å²) in [5.41, 5.74) is 8.72. The minimum absolute atomic E-state index is 0.488. The van der Waals surface area contributed by atoms with Gasteiger partial charge in [0, 0.05) is 23.8 Å². The lowest BCUT2D eigenvalue weighted by molar-refractivity contribution is 0.301. The first-order valence-electron chi connectivity index (χ1n) is 7.38. The average molecular weight is 281 g/mol. The van der Waals surface area contributed by atoms with Crippen molar-refractivity contribution < 1.29 is 0 Å². The van der Waals surface area contributed by atoms with Crippen LogP contribution in [0.2, 0.25) is 5.02 Å². The van der Waals surface area contributed by atoms with Gasteiger partial charge in [0.05, 0.1) is 0 Å². The number of halogens is 1. The molecule has 1 heterocycles. The average Bonchev–Trinajstić information content (AvgIpc) is 2.86. The van der Waals surface area contributed by atoms with Crippen molar-refractivity contribution in [3.63, 3.8) is 0 Å². The summed E-state index contributed by atoms with van der Waals surface area (Å²) in [5.74, 6) is 0. The predicted octanol–water partition coefficient (Wildman–Crippen LogP) is 3.86. The molecule has 0 amide bonds. The summed E-state index contributed by atoms with van der Waals surface area (Å²) < 4.78 is 0. The van der Waals surface area contributed by atoms with Crippen LogP contribution in [0.4, 0.5) is 5.69 Å². The SMILES string of the molecule is CCC1(CC)CCN(c2cccc(Cl)c2CCN)C1. The van der Waals surface area contributed by atoms with Gasteiger partial charge in [0.25, 0.3) is 0 Å². The van der Waals surface area contributed by atoms with E-state index in [1.54, 1.807) is 0 Å². The van der Waals surface area contributed by atoms with Crippen molar-refractivity contribution in [2.75, 3.05) is 24.5 Å². The monoisotopic (exact) mass is 280 g/mol. The fraction of sp³-hybridized carbons (Fsp3) is 0.625. The first kappa shape index (κ1) is 14.7. The van der Waals surface area contributed by atoms with Gasteiger partial charge in [-0.2, -0.15) is 0 Å². The van der Waals surface area contributed by atoms with Crippen molar-refractivity contribution in [2.45, 2.75) is 39.5 Å². The van der Waals surface area contributed by atoms with E-state index in [0.717, 1.165) is 24.5 Å². The Labute approximate surface area is 121 Å². The Balaban J connectivity index is 2.26. The highest BCUT2D eigenvalue weighted by molar-refractivity contribution is 6.31. The van der Waals surface area contributed by atoms with Crippen LogP contribution < -0.4 is 10.6 Å². The van der Waals surface area contributed by atoms with Crippen molar-refractivity contribution in [3.05, 3.63) is 28.8 Å². The number of nitrogens with two attached hydrogens (primary N) is 1. The molecule has 2 nitrogen and oxygen atoms in total. The van der Waals surface area contributed by atoms with Crippen LogP contribution in [0.25, 0.3) is 0 Å². The van der Waals surface area contributed by atoms with Crippen molar-refractivity contribution in [1.82, 2.24) is 0 Å². The van der Waals surface area contributed by atoms with E-state index in [1.165, 1.54) is 30.5 Å². The van der Waals surface area contributed by atoms with Gasteiger partial charge >= 0.3 is 0 Å². The molecule has 3 heteroatoms. The highest BCUT2D eigenvalue weighted by atomic mass is 35.5. The zero-order chi connectivity index (χ0) is 13.9. The van der Waals surface area contributed by atoms with Crippen LogP contribution >= 0.6 is 11.6 Å². The van der Waals surface area contributed by atoms with Crippen molar-refractivity contribution in [1.29, 1.82) is 0 Å². The lowest BCUT2D eigenvalue weighted by atomic mass is 9.82. The smallest absolute Gasteiger partial charge is 0.0459 e. The minimum atomic E-state index is 0.488. The molecule has 1 aromatic rings. The number of rotatable bonds is 5. The molecule has 0 saturated carbocycles. The molecule has 0 spiro atoms. The first-order valence-corrected chi connectivity index (χ1v) is 7.76. The van der Waals surface area contributed by atoms with Crippen LogP contribution in [0.3, 0.4) is 0 Å². The van der Waals surface area contributed by atoms with Gasteiger partial charge < -0.3 is 10.6 Å². The molecule has 0 radical (unpaired) electrons. The second kappa shape index (κ2) is 6.15. The van der Waals surface area contributed by atoms with Crippen molar-refractivity contribution in [2.24, 2.45) is 11.1 Å². The number of hydrogen-bond donors (Lipinski definition) is 1. The van der Waals surface area contributed by atoms with E-state index in [1.807, 2.05) is 6.07 Å². The van der Waals surface area contributed by atoms with E-state index in [2.05, 4.69) is 30.9 Å². The van der Waals surface area contributed by atoms with E-state index >= 15 is 0 Å². The summed E-state index contributed by atoms with van der Waals surface area (Å²) in [7, 11) is 0. The number of anilines is 1. The van der Waals surface area contributed by atoms with Gasteiger partial charge in [-0.3, -0.25) is 0 Å². The third kappa shape index (κ3) is 2.90. The topological polar surface area (TPSA) is 29.3 Å². The Bertz CT molecular complexity index is 427. The van der Waals surface area contributed by atoms with E-state index in [9.17, 15) is 0 Å². The summed E-state index contributed by atoms with van der Waals surface area (Å²) in [5, 5.41) is 0.855. The summed E-state index contributed by atoms with van der Waals surface area (Å²) in [6.07, 6.45) is 4.66. The van der Waals surface area contributed by atoms with Crippen LogP contribution in [-0.4, -0.2) is 19.6 Å². The second-order valence-corrected chi connectivity index (χ2v) is 6.06. The molecule has 0 unspecified atom stereocenters. The number of nitrogens with zero attached hydrogens (tertiary/aromatic N) is 1. The Morgan fingerprint density at radius 2 is 2.05 bits per heavy atom. The molecular weight excluding hydrogens is 256 g/mol. The Kier molecular flexibility index (Phi) is 4.75. The zero-order valence-corrected chi connectivity index (χ0v) is 12.8. The fourth-order valence-corrected chi connectivity index (χ4v) is 3.47. The van der Waals surface area contributed by atoms with Crippen molar-refractivity contribution >= 4 is 17.3 Å². The van der Waals surface area contributed by atoms with Gasteiger partial charge in [-0.1, -0.05) is 31.5 Å². The highest BCUT2D eigenvalue weighted by Crippen LogP contribution is 2.40. The molecule has 0 aromatic heterocycles. The highest BCUT2D eigenvalue weighted by Gasteiger charge is 2.35. The first-order chi connectivity index (χ1) is 9.15. The number of hydrogen-bond acceptors (Lipinski definition) is 2. The minimum Gasteiger partial charge on any atom is -0.371 e. The van der Waals surface area contributed by atoms with E-state index in [-0.39, 0.29) is 0 Å². The van der Waals surface area contributed by atoms with Crippen LogP contribution in [0, 0.1) is 5.41 Å². The molecule has 1 aliphatic heterocycles. The Morgan fingerprint density at radius 3 is 2.63 bits per heavy atom. The molecule has 106 valence electrons. The molecule has 2 N–H and O–H groups in total. The molecule has 2 rings (SSSR count). The predicted molar refractivity (Wildman–Crippen MR) is 84.1 cm³/mol. The maximum absolute atomic E-state index is 6.34. The second-order valence-electron chi connectivity index (χ2n) is 5.65. The largest absolute Gasteiger partial charge is 0.371 e. The summed E-state index contributed by atoms with van der Waals surface area (Å²) in [6, 6.07) is 6.22. The van der Waals surface area contributed by atoms with E-state index < -0.39 is 0 Å². The molecule has 1 fully saturated rings. The molecule has 1 aromatic carbocycles. The zero-order valence-electron chi connectivity index (χ0n) is 12.1. The third-order valence-electron chi connectivity index (χ3n) is 4.77. The van der Waals surface area contributed by atoms with Crippen LogP contribution in [-0.2, 0) is 6.42 Å². The fourth-order valence-electron chi connectivity index (χ4n) is 3.20. The van der Waals surface area contributed by atoms with Crippen LogP contribution in [0.5, 0.6) is 0 Å². The summed E-state index contributed by atoms with van der Waals surface area (Å²) in [4.78, 5) is 2.50. The van der Waals surface area contributed by atoms with Gasteiger partial charge in [0.15, 0.2) is 0 Å². The van der Waals surface area contributed by atoms with Gasteiger partial charge in [-0.25, -0.2) is 0 Å². The van der Waals surface area contributed by atoms with Gasteiger partial charge in [-0.15, -0.1) is 0 Å². The normalized spacial score (nSPS) is 18.0. The van der Waals surface area contributed by atoms with Crippen LogP contribution in [0.1, 0.15) is 38.7 Å². The molecule has 1 saturated heterocycles. The molecule has 19 heavy (non-hydrogen) atoms. The van der Waals surface area contributed by atoms with E-state index in [0.29, 0.717) is 12.0 Å². The lowest BCUT2D eigenvalue weighted by Crippen LogP contribution is -2.27. The van der Waals surface area contributed by atoms with E-state index in [4.69, 9.17) is 17.3 Å². The maximum Gasteiger partial charge on any atom is 0.0459 e. The van der Waals surface area contributed by atoms with Crippen LogP contribution in [0.15, 0.2) is 18.2 Å². The molecule has 0 atom stereocenters. The standard InChI is InChI=1S/C16H25ClN2/c1-3-16(4-2)9-11-19(12-16)15-7-5-6-14(17)13(15)8-10-18/h5-7H,3-4,8-12,18H2,1-2H3. The lowest BCUT2D eigenvalue weighted by Gasteiger charge is -2.28. The van der Waals surface area contributed by atoms with Crippen molar-refractivity contribution in [3.8, 4) is 0 Å². The Morgan fingerprint density at radius 1 is 1.32 bits per heavy atom. The van der Waals surface area contributed by atoms with Gasteiger partial charge in [0.2, 0.25) is 0 Å². The summed E-state index contributed by atoms with van der Waals surface area (Å²) in [6.45, 7) is 7.56. The van der Waals surface area contributed by atoms with Gasteiger partial charge in [0.1, 0.15) is 0 Å². The third-order valence-corrected chi connectivity index (χ3v) is 5.12. The van der Waals surface area contributed by atoms with Gasteiger partial charge in [-0.05, 0) is 55.3 Å². The quantitative estimate of drug-likeness (QED) is 0.887. The molecule has 0 bridgehead atoms.